The molecule has 0 bridgehead atoms. The van der Waals surface area contributed by atoms with Gasteiger partial charge in [0.1, 0.15) is 5.82 Å². The lowest BCUT2D eigenvalue weighted by molar-refractivity contribution is 0.353. The van der Waals surface area contributed by atoms with Gasteiger partial charge in [-0.05, 0) is 41.8 Å². The van der Waals surface area contributed by atoms with Crippen LogP contribution < -0.4 is 25.6 Å². The molecule has 3 atom stereocenters. The highest BCUT2D eigenvalue weighted by atomic mass is 19.1. The van der Waals surface area contributed by atoms with Crippen LogP contribution in [-0.4, -0.2) is 27.3 Å². The number of hydrazine groups is 1. The van der Waals surface area contributed by atoms with Crippen molar-refractivity contribution in [3.8, 4) is 11.5 Å². The van der Waals surface area contributed by atoms with Gasteiger partial charge in [-0.15, -0.1) is 0 Å². The van der Waals surface area contributed by atoms with Crippen LogP contribution in [0.25, 0.3) is 0 Å². The van der Waals surface area contributed by atoms with Crippen molar-refractivity contribution in [2.75, 3.05) is 27.3 Å². The molecule has 3 unspecified atom stereocenters. The summed E-state index contributed by atoms with van der Waals surface area (Å²) in [7, 11) is 3.29. The van der Waals surface area contributed by atoms with Crippen LogP contribution in [0.2, 0.25) is 0 Å². The Bertz CT molecular complexity index is 739. The molecule has 3 N–H and O–H groups in total. The number of nitrogens with one attached hydrogen (secondary N) is 3. The van der Waals surface area contributed by atoms with Crippen LogP contribution in [0.3, 0.4) is 0 Å². The Balaban J connectivity index is 1.67. The zero-order valence-electron chi connectivity index (χ0n) is 16.1. The van der Waals surface area contributed by atoms with E-state index in [1.807, 2.05) is 24.3 Å². The van der Waals surface area contributed by atoms with Crippen LogP contribution in [0.5, 0.6) is 11.5 Å². The first-order chi connectivity index (χ1) is 13.2. The van der Waals surface area contributed by atoms with Crippen LogP contribution >= 0.6 is 0 Å². The fourth-order valence-corrected chi connectivity index (χ4v) is 3.61. The molecular weight excluding hydrogens is 345 g/mol. The first kappa shape index (κ1) is 19.6. The summed E-state index contributed by atoms with van der Waals surface area (Å²) in [6, 6.07) is 13.1. The van der Waals surface area contributed by atoms with E-state index in [1.54, 1.807) is 14.2 Å². The van der Waals surface area contributed by atoms with Gasteiger partial charge < -0.3 is 14.8 Å². The number of ether oxygens (including phenoxy) is 2. The molecule has 6 heteroatoms. The van der Waals surface area contributed by atoms with Crippen molar-refractivity contribution in [2.24, 2.45) is 5.92 Å². The predicted octanol–water partition coefficient (Wildman–Crippen LogP) is 3.35. The summed E-state index contributed by atoms with van der Waals surface area (Å²) in [5.41, 5.74) is 8.80. The zero-order valence-corrected chi connectivity index (χ0v) is 16.1. The maximum absolute atomic E-state index is 13.2. The quantitative estimate of drug-likeness (QED) is 0.663. The molecule has 0 aliphatic carbocycles. The Hall–Kier alpha value is -2.15. The number of rotatable bonds is 8. The third-order valence-corrected chi connectivity index (χ3v) is 5.17. The van der Waals surface area contributed by atoms with Gasteiger partial charge in [0.05, 0.1) is 20.3 Å². The van der Waals surface area contributed by atoms with Crippen molar-refractivity contribution in [2.45, 2.75) is 25.4 Å². The smallest absolute Gasteiger partial charge is 0.161 e. The number of methoxy groups -OCH3 is 2. The molecule has 2 aromatic carbocycles. The highest BCUT2D eigenvalue weighted by Crippen LogP contribution is 2.31. The van der Waals surface area contributed by atoms with E-state index >= 15 is 0 Å². The minimum Gasteiger partial charge on any atom is -0.493 e. The van der Waals surface area contributed by atoms with Gasteiger partial charge in [-0.25, -0.2) is 9.82 Å². The summed E-state index contributed by atoms with van der Waals surface area (Å²) >= 11 is 0. The van der Waals surface area contributed by atoms with Gasteiger partial charge in [-0.3, -0.25) is 5.43 Å². The molecule has 1 heterocycles. The Kier molecular flexibility index (Phi) is 6.66. The summed E-state index contributed by atoms with van der Waals surface area (Å²) in [6.45, 7) is 3.86. The van der Waals surface area contributed by atoms with Gasteiger partial charge in [0.15, 0.2) is 11.5 Å². The molecule has 1 aliphatic heterocycles. The number of hydrogen-bond acceptors (Lipinski definition) is 5. The summed E-state index contributed by atoms with van der Waals surface area (Å²) in [4.78, 5) is 0. The lowest BCUT2D eigenvalue weighted by Gasteiger charge is -2.24. The average Bonchev–Trinajstić information content (AvgIpc) is 3.17. The first-order valence-corrected chi connectivity index (χ1v) is 9.35. The summed E-state index contributed by atoms with van der Waals surface area (Å²) in [5, 5.41) is 3.68. The van der Waals surface area contributed by atoms with Crippen molar-refractivity contribution >= 4 is 0 Å². The van der Waals surface area contributed by atoms with E-state index in [0.717, 1.165) is 36.6 Å². The third kappa shape index (κ3) is 4.58. The van der Waals surface area contributed by atoms with Crippen LogP contribution in [-0.2, 0) is 0 Å². The molecule has 0 radical (unpaired) electrons. The monoisotopic (exact) mass is 373 g/mol. The molecule has 27 heavy (non-hydrogen) atoms. The van der Waals surface area contributed by atoms with Gasteiger partial charge >= 0.3 is 0 Å². The van der Waals surface area contributed by atoms with Crippen molar-refractivity contribution < 1.29 is 13.9 Å². The Labute approximate surface area is 160 Å². The standard InChI is InChI=1S/C21H28FN3O2/c1-4-18(15-7-10-19(26-2)20(11-15)27-3)23-12-16-13-24-25-21(16)14-5-8-17(22)9-6-14/h5-11,16,18,21,23-25H,4,12-13H2,1-3H3. The molecule has 0 amide bonds. The van der Waals surface area contributed by atoms with E-state index in [-0.39, 0.29) is 17.9 Å². The van der Waals surface area contributed by atoms with E-state index in [4.69, 9.17) is 9.47 Å². The fraction of sp³-hybridized carbons (Fsp3) is 0.429. The predicted molar refractivity (Wildman–Crippen MR) is 104 cm³/mol. The molecule has 0 aromatic heterocycles. The van der Waals surface area contributed by atoms with Gasteiger partial charge in [0, 0.05) is 25.0 Å². The van der Waals surface area contributed by atoms with E-state index in [1.165, 1.54) is 17.7 Å². The maximum Gasteiger partial charge on any atom is 0.161 e. The molecule has 0 spiro atoms. The SMILES string of the molecule is CCC(NCC1CNNC1c1ccc(F)cc1)c1ccc(OC)c(OC)c1. The number of halogens is 1. The van der Waals surface area contributed by atoms with Crippen molar-refractivity contribution in [1.82, 2.24) is 16.2 Å². The summed E-state index contributed by atoms with van der Waals surface area (Å²) in [5.74, 6) is 1.63. The summed E-state index contributed by atoms with van der Waals surface area (Å²) < 4.78 is 24.0. The highest BCUT2D eigenvalue weighted by molar-refractivity contribution is 5.43. The Morgan fingerprint density at radius 1 is 1.11 bits per heavy atom. The molecule has 1 saturated heterocycles. The van der Waals surface area contributed by atoms with Gasteiger partial charge in [-0.1, -0.05) is 25.1 Å². The van der Waals surface area contributed by atoms with E-state index < -0.39 is 0 Å². The molecule has 146 valence electrons. The van der Waals surface area contributed by atoms with E-state index in [9.17, 15) is 4.39 Å². The Morgan fingerprint density at radius 2 is 1.85 bits per heavy atom. The molecule has 2 aromatic rings. The molecule has 0 saturated carbocycles. The van der Waals surface area contributed by atoms with Crippen LogP contribution in [0.15, 0.2) is 42.5 Å². The number of benzene rings is 2. The van der Waals surface area contributed by atoms with E-state index in [2.05, 4.69) is 29.2 Å². The average molecular weight is 373 g/mol. The van der Waals surface area contributed by atoms with Gasteiger partial charge in [0.2, 0.25) is 0 Å². The third-order valence-electron chi connectivity index (χ3n) is 5.17. The Morgan fingerprint density at radius 3 is 2.52 bits per heavy atom. The van der Waals surface area contributed by atoms with Crippen molar-refractivity contribution in [3.05, 3.63) is 59.4 Å². The summed E-state index contributed by atoms with van der Waals surface area (Å²) in [6.07, 6.45) is 0.963. The normalized spacial score (nSPS) is 20.4. The first-order valence-electron chi connectivity index (χ1n) is 9.35. The largest absolute Gasteiger partial charge is 0.493 e. The van der Waals surface area contributed by atoms with Crippen molar-refractivity contribution in [3.63, 3.8) is 0 Å². The molecular formula is C21H28FN3O2. The minimum absolute atomic E-state index is 0.154. The van der Waals surface area contributed by atoms with Crippen molar-refractivity contribution in [1.29, 1.82) is 0 Å². The van der Waals surface area contributed by atoms with Crippen LogP contribution in [0, 0.1) is 11.7 Å². The second kappa shape index (κ2) is 9.17. The molecule has 3 rings (SSSR count). The second-order valence-electron chi connectivity index (χ2n) is 6.80. The zero-order chi connectivity index (χ0) is 19.2. The fourth-order valence-electron chi connectivity index (χ4n) is 3.61. The minimum atomic E-state index is -0.209. The number of hydrogen-bond donors (Lipinski definition) is 3. The maximum atomic E-state index is 13.2. The molecule has 1 aliphatic rings. The lowest BCUT2D eigenvalue weighted by atomic mass is 9.94. The molecule has 5 nitrogen and oxygen atoms in total. The van der Waals surface area contributed by atoms with Gasteiger partial charge in [-0.2, -0.15) is 0 Å². The second-order valence-corrected chi connectivity index (χ2v) is 6.80. The topological polar surface area (TPSA) is 54.5 Å². The van der Waals surface area contributed by atoms with E-state index in [0.29, 0.717) is 5.92 Å². The van der Waals surface area contributed by atoms with Crippen LogP contribution in [0.1, 0.15) is 36.6 Å². The molecule has 1 fully saturated rings. The van der Waals surface area contributed by atoms with Crippen LogP contribution in [0.4, 0.5) is 4.39 Å². The highest BCUT2D eigenvalue weighted by Gasteiger charge is 2.28. The van der Waals surface area contributed by atoms with Gasteiger partial charge in [0.25, 0.3) is 0 Å². The lowest BCUT2D eigenvalue weighted by Crippen LogP contribution is -2.31.